The summed E-state index contributed by atoms with van der Waals surface area (Å²) in [6, 6.07) is 8.11. The molecule has 0 amide bonds. The van der Waals surface area contributed by atoms with Crippen molar-refractivity contribution in [3.8, 4) is 0 Å². The predicted molar refractivity (Wildman–Crippen MR) is 75.9 cm³/mol. The first-order valence-electron chi connectivity index (χ1n) is 6.12. The Labute approximate surface area is 121 Å². The van der Waals surface area contributed by atoms with E-state index in [1.807, 2.05) is 0 Å². The zero-order valence-electron chi connectivity index (χ0n) is 11.2. The molecule has 0 aliphatic carbocycles. The van der Waals surface area contributed by atoms with Crippen LogP contribution in [0.5, 0.6) is 0 Å². The molecule has 2 rings (SSSR count). The summed E-state index contributed by atoms with van der Waals surface area (Å²) in [7, 11) is -3.90. The number of halogens is 2. The number of nitrogen functional groups attached to an aromatic ring is 1. The second-order valence-electron chi connectivity index (χ2n) is 4.58. The molecule has 0 aliphatic rings. The van der Waals surface area contributed by atoms with Crippen molar-refractivity contribution < 1.29 is 17.2 Å². The van der Waals surface area contributed by atoms with E-state index in [0.29, 0.717) is 5.56 Å². The van der Waals surface area contributed by atoms with E-state index in [1.165, 1.54) is 36.4 Å². The molecule has 0 saturated heterocycles. The van der Waals surface area contributed by atoms with Crippen LogP contribution >= 0.6 is 0 Å². The lowest BCUT2D eigenvalue weighted by atomic mass is 10.1. The first-order chi connectivity index (χ1) is 9.79. The molecule has 0 radical (unpaired) electrons. The van der Waals surface area contributed by atoms with Crippen LogP contribution in [0.15, 0.2) is 47.4 Å². The van der Waals surface area contributed by atoms with Gasteiger partial charge in [0, 0.05) is 6.04 Å². The second-order valence-corrected chi connectivity index (χ2v) is 6.29. The van der Waals surface area contributed by atoms with E-state index in [1.54, 1.807) is 6.92 Å². The first kappa shape index (κ1) is 15.4. The summed E-state index contributed by atoms with van der Waals surface area (Å²) in [6.07, 6.45) is 0. The SMILES string of the molecule is CC(NS(=O)(=O)c1ccc(N)c(F)c1)c1ccc(F)cc1. The van der Waals surface area contributed by atoms with Crippen LogP contribution in [0.1, 0.15) is 18.5 Å². The van der Waals surface area contributed by atoms with Gasteiger partial charge in [-0.25, -0.2) is 21.9 Å². The Morgan fingerprint density at radius 2 is 1.71 bits per heavy atom. The van der Waals surface area contributed by atoms with E-state index in [9.17, 15) is 17.2 Å². The minimum atomic E-state index is -3.90. The molecule has 0 bridgehead atoms. The van der Waals surface area contributed by atoms with E-state index >= 15 is 0 Å². The van der Waals surface area contributed by atoms with Gasteiger partial charge in [0.1, 0.15) is 11.6 Å². The van der Waals surface area contributed by atoms with Crippen LogP contribution in [0.4, 0.5) is 14.5 Å². The highest BCUT2D eigenvalue weighted by Gasteiger charge is 2.19. The fraction of sp³-hybridized carbons (Fsp3) is 0.143. The van der Waals surface area contributed by atoms with Crippen molar-refractivity contribution in [3.63, 3.8) is 0 Å². The standard InChI is InChI=1S/C14H14F2N2O2S/c1-9(10-2-4-11(15)5-3-10)18-21(19,20)12-6-7-14(17)13(16)8-12/h2-9,18H,17H2,1H3. The Morgan fingerprint density at radius 1 is 1.10 bits per heavy atom. The van der Waals surface area contributed by atoms with Crippen molar-refractivity contribution in [2.45, 2.75) is 17.9 Å². The third-order valence-corrected chi connectivity index (χ3v) is 4.52. The van der Waals surface area contributed by atoms with E-state index < -0.39 is 27.7 Å². The maximum Gasteiger partial charge on any atom is 0.241 e. The average Bonchev–Trinajstić information content (AvgIpc) is 2.42. The number of nitrogens with one attached hydrogen (secondary N) is 1. The Kier molecular flexibility index (Phi) is 4.24. The fourth-order valence-electron chi connectivity index (χ4n) is 1.80. The lowest BCUT2D eigenvalue weighted by Crippen LogP contribution is -2.27. The van der Waals surface area contributed by atoms with Gasteiger partial charge in [0.2, 0.25) is 10.0 Å². The quantitative estimate of drug-likeness (QED) is 0.852. The van der Waals surface area contributed by atoms with Crippen molar-refractivity contribution >= 4 is 15.7 Å². The molecule has 1 unspecified atom stereocenters. The normalized spacial score (nSPS) is 13.1. The van der Waals surface area contributed by atoms with Gasteiger partial charge in [-0.15, -0.1) is 0 Å². The maximum absolute atomic E-state index is 13.4. The Hall–Kier alpha value is -1.99. The summed E-state index contributed by atoms with van der Waals surface area (Å²) < 4.78 is 52.9. The zero-order valence-corrected chi connectivity index (χ0v) is 12.0. The van der Waals surface area contributed by atoms with Crippen molar-refractivity contribution in [2.24, 2.45) is 0 Å². The van der Waals surface area contributed by atoms with Crippen LogP contribution in [0.2, 0.25) is 0 Å². The van der Waals surface area contributed by atoms with Crippen LogP contribution in [0.25, 0.3) is 0 Å². The number of rotatable bonds is 4. The van der Waals surface area contributed by atoms with Gasteiger partial charge >= 0.3 is 0 Å². The Bertz CT molecular complexity index is 746. The molecule has 0 aromatic heterocycles. The molecule has 2 aromatic carbocycles. The van der Waals surface area contributed by atoms with Crippen molar-refractivity contribution in [1.29, 1.82) is 0 Å². The second kappa shape index (κ2) is 5.79. The van der Waals surface area contributed by atoms with Gasteiger partial charge in [0.25, 0.3) is 0 Å². The van der Waals surface area contributed by atoms with Crippen molar-refractivity contribution in [3.05, 3.63) is 59.7 Å². The number of hydrogen-bond acceptors (Lipinski definition) is 3. The third-order valence-electron chi connectivity index (χ3n) is 2.98. The lowest BCUT2D eigenvalue weighted by Gasteiger charge is -2.15. The molecule has 4 nitrogen and oxygen atoms in total. The highest BCUT2D eigenvalue weighted by atomic mass is 32.2. The minimum absolute atomic E-state index is 0.125. The number of nitrogens with two attached hydrogens (primary N) is 1. The molecule has 2 aromatic rings. The summed E-state index contributed by atoms with van der Waals surface area (Å²) in [5.41, 5.74) is 5.78. The van der Waals surface area contributed by atoms with Gasteiger partial charge in [0.05, 0.1) is 10.6 Å². The Balaban J connectivity index is 2.24. The van der Waals surface area contributed by atoms with E-state index in [4.69, 9.17) is 5.73 Å². The van der Waals surface area contributed by atoms with Gasteiger partial charge in [-0.2, -0.15) is 0 Å². The van der Waals surface area contributed by atoms with Gasteiger partial charge in [-0.1, -0.05) is 12.1 Å². The lowest BCUT2D eigenvalue weighted by molar-refractivity contribution is 0.564. The molecular weight excluding hydrogens is 298 g/mol. The number of hydrogen-bond donors (Lipinski definition) is 2. The molecule has 0 fully saturated rings. The predicted octanol–water partition coefficient (Wildman–Crippen LogP) is 2.59. The van der Waals surface area contributed by atoms with Gasteiger partial charge in [-0.3, -0.25) is 0 Å². The molecule has 112 valence electrons. The van der Waals surface area contributed by atoms with Crippen molar-refractivity contribution in [1.82, 2.24) is 4.72 Å². The molecule has 0 heterocycles. The van der Waals surface area contributed by atoms with Crippen LogP contribution < -0.4 is 10.5 Å². The zero-order chi connectivity index (χ0) is 15.6. The van der Waals surface area contributed by atoms with Crippen LogP contribution in [-0.4, -0.2) is 8.42 Å². The molecule has 7 heteroatoms. The molecule has 0 saturated carbocycles. The molecule has 1 atom stereocenters. The summed E-state index contributed by atoms with van der Waals surface area (Å²) in [6.45, 7) is 1.61. The van der Waals surface area contributed by atoms with E-state index in [0.717, 1.165) is 6.07 Å². The van der Waals surface area contributed by atoms with Crippen LogP contribution in [0, 0.1) is 11.6 Å². The summed E-state index contributed by atoms with van der Waals surface area (Å²) >= 11 is 0. The van der Waals surface area contributed by atoms with Crippen LogP contribution in [-0.2, 0) is 10.0 Å². The molecular formula is C14H14F2N2O2S. The molecule has 3 N–H and O–H groups in total. The Morgan fingerprint density at radius 3 is 2.29 bits per heavy atom. The third kappa shape index (κ3) is 3.56. The smallest absolute Gasteiger partial charge is 0.241 e. The molecule has 0 aliphatic heterocycles. The van der Waals surface area contributed by atoms with E-state index in [2.05, 4.69) is 4.72 Å². The van der Waals surface area contributed by atoms with Crippen LogP contribution in [0.3, 0.4) is 0 Å². The number of sulfonamides is 1. The largest absolute Gasteiger partial charge is 0.396 e. The number of anilines is 1. The first-order valence-corrected chi connectivity index (χ1v) is 7.61. The minimum Gasteiger partial charge on any atom is -0.396 e. The summed E-state index contributed by atoms with van der Waals surface area (Å²) in [5, 5.41) is 0. The highest BCUT2D eigenvalue weighted by molar-refractivity contribution is 7.89. The topological polar surface area (TPSA) is 72.2 Å². The molecule has 21 heavy (non-hydrogen) atoms. The van der Waals surface area contributed by atoms with Gasteiger partial charge in [-0.05, 0) is 42.8 Å². The van der Waals surface area contributed by atoms with Gasteiger partial charge in [0.15, 0.2) is 0 Å². The fourth-order valence-corrected chi connectivity index (χ4v) is 3.04. The average molecular weight is 312 g/mol. The molecule has 0 spiro atoms. The van der Waals surface area contributed by atoms with Gasteiger partial charge < -0.3 is 5.73 Å². The monoisotopic (exact) mass is 312 g/mol. The summed E-state index contributed by atoms with van der Waals surface area (Å²) in [5.74, 6) is -1.21. The maximum atomic E-state index is 13.4. The van der Waals surface area contributed by atoms with Crippen molar-refractivity contribution in [2.75, 3.05) is 5.73 Å². The summed E-state index contributed by atoms with van der Waals surface area (Å²) in [4.78, 5) is -0.219. The highest BCUT2D eigenvalue weighted by Crippen LogP contribution is 2.20. The number of benzene rings is 2. The van der Waals surface area contributed by atoms with E-state index in [-0.39, 0.29) is 10.6 Å².